The van der Waals surface area contributed by atoms with Crippen LogP contribution in [0.15, 0.2) is 36.4 Å². The van der Waals surface area contributed by atoms with Crippen molar-refractivity contribution in [2.45, 2.75) is 12.7 Å². The summed E-state index contributed by atoms with van der Waals surface area (Å²) >= 11 is 13.6. The number of rotatable bonds is 7. The molecule has 0 aliphatic heterocycles. The molecule has 0 saturated carbocycles. The minimum absolute atomic E-state index is 0.0732. The van der Waals surface area contributed by atoms with Crippen LogP contribution in [0.5, 0.6) is 5.75 Å². The lowest BCUT2D eigenvalue weighted by molar-refractivity contribution is 0.0956. The van der Waals surface area contributed by atoms with E-state index in [4.69, 9.17) is 27.9 Å². The molecule has 2 rings (SSSR count). The number of halogens is 2. The van der Waals surface area contributed by atoms with Crippen molar-refractivity contribution in [3.05, 3.63) is 63.1 Å². The third kappa shape index (κ3) is 5.33. The van der Waals surface area contributed by atoms with Crippen LogP contribution in [0.3, 0.4) is 0 Å². The number of amides is 1. The summed E-state index contributed by atoms with van der Waals surface area (Å²) < 4.78 is 5.20. The average molecular weight is 384 g/mol. The predicted molar refractivity (Wildman–Crippen MR) is 103 cm³/mol. The largest absolute Gasteiger partial charge is 0.496 e. The van der Waals surface area contributed by atoms with Gasteiger partial charge in [-0.2, -0.15) is 11.8 Å². The Balaban J connectivity index is 1.74. The fourth-order valence-electron chi connectivity index (χ4n) is 2.18. The Hall–Kier alpha value is -1.36. The standard InChI is InChI=1S/C18H19Cl2NO2S/c1-12-9-14(4-6-17(12)23-2)18(22)21-7-8-24-11-13-3-5-15(19)16(20)10-13/h3-6,9-10H,7-8,11H2,1-2H3,(H,21,22). The minimum atomic E-state index is -0.0732. The van der Waals surface area contributed by atoms with Crippen molar-refractivity contribution < 1.29 is 9.53 Å². The third-order valence-corrected chi connectivity index (χ3v) is 5.21. The highest BCUT2D eigenvalue weighted by atomic mass is 35.5. The Kier molecular flexibility index (Phi) is 7.28. The molecular weight excluding hydrogens is 365 g/mol. The Bertz CT molecular complexity index is 722. The number of aryl methyl sites for hydroxylation is 1. The highest BCUT2D eigenvalue weighted by Crippen LogP contribution is 2.24. The molecule has 0 fully saturated rings. The van der Waals surface area contributed by atoms with Crippen LogP contribution >= 0.6 is 35.0 Å². The van der Waals surface area contributed by atoms with E-state index in [0.717, 1.165) is 28.4 Å². The molecule has 2 aromatic rings. The molecule has 0 radical (unpaired) electrons. The van der Waals surface area contributed by atoms with Crippen LogP contribution in [0.4, 0.5) is 0 Å². The summed E-state index contributed by atoms with van der Waals surface area (Å²) in [6.45, 7) is 2.53. The maximum Gasteiger partial charge on any atom is 0.251 e. The van der Waals surface area contributed by atoms with Gasteiger partial charge in [-0.3, -0.25) is 4.79 Å². The summed E-state index contributed by atoms with van der Waals surface area (Å²) in [5.74, 6) is 2.36. The summed E-state index contributed by atoms with van der Waals surface area (Å²) in [5.41, 5.74) is 2.70. The predicted octanol–water partition coefficient (Wildman–Crippen LogP) is 4.97. The first-order chi connectivity index (χ1) is 11.5. The van der Waals surface area contributed by atoms with Crippen molar-refractivity contribution in [2.75, 3.05) is 19.4 Å². The molecule has 128 valence electrons. The molecule has 0 aliphatic carbocycles. The molecule has 2 aromatic carbocycles. The van der Waals surface area contributed by atoms with Crippen molar-refractivity contribution in [2.24, 2.45) is 0 Å². The summed E-state index contributed by atoms with van der Waals surface area (Å²) in [4.78, 5) is 12.1. The van der Waals surface area contributed by atoms with Crippen LogP contribution in [0.25, 0.3) is 0 Å². The van der Waals surface area contributed by atoms with E-state index in [1.807, 2.05) is 31.2 Å². The quantitative estimate of drug-likeness (QED) is 0.685. The zero-order valence-electron chi connectivity index (χ0n) is 13.6. The second-order valence-electron chi connectivity index (χ2n) is 5.24. The van der Waals surface area contributed by atoms with Crippen LogP contribution in [0, 0.1) is 6.92 Å². The van der Waals surface area contributed by atoms with Crippen LogP contribution in [-0.4, -0.2) is 25.3 Å². The van der Waals surface area contributed by atoms with Gasteiger partial charge in [0.15, 0.2) is 0 Å². The highest BCUT2D eigenvalue weighted by molar-refractivity contribution is 7.98. The van der Waals surface area contributed by atoms with Gasteiger partial charge in [0.2, 0.25) is 0 Å². The van der Waals surface area contributed by atoms with Gasteiger partial charge < -0.3 is 10.1 Å². The number of carbonyl (C=O) groups is 1. The molecule has 1 N–H and O–H groups in total. The van der Waals surface area contributed by atoms with E-state index in [9.17, 15) is 4.79 Å². The van der Waals surface area contributed by atoms with Crippen molar-refractivity contribution in [1.29, 1.82) is 0 Å². The van der Waals surface area contributed by atoms with Gasteiger partial charge in [-0.1, -0.05) is 29.3 Å². The SMILES string of the molecule is COc1ccc(C(=O)NCCSCc2ccc(Cl)c(Cl)c2)cc1C. The van der Waals surface area contributed by atoms with Crippen LogP contribution < -0.4 is 10.1 Å². The summed E-state index contributed by atoms with van der Waals surface area (Å²) in [5, 5.41) is 4.05. The van der Waals surface area contributed by atoms with Gasteiger partial charge in [0.25, 0.3) is 5.91 Å². The monoisotopic (exact) mass is 383 g/mol. The highest BCUT2D eigenvalue weighted by Gasteiger charge is 2.07. The first kappa shape index (κ1) is 19.0. The van der Waals surface area contributed by atoms with Crippen LogP contribution in [0.1, 0.15) is 21.5 Å². The number of nitrogens with one attached hydrogen (secondary N) is 1. The zero-order chi connectivity index (χ0) is 17.5. The fourth-order valence-corrected chi connectivity index (χ4v) is 3.30. The summed E-state index contributed by atoms with van der Waals surface area (Å²) in [6, 6.07) is 11.0. The topological polar surface area (TPSA) is 38.3 Å². The lowest BCUT2D eigenvalue weighted by Gasteiger charge is -2.08. The van der Waals surface area contributed by atoms with Gasteiger partial charge in [0.1, 0.15) is 5.75 Å². The smallest absolute Gasteiger partial charge is 0.251 e. The Morgan fingerprint density at radius 2 is 1.96 bits per heavy atom. The lowest BCUT2D eigenvalue weighted by Crippen LogP contribution is -2.25. The van der Waals surface area contributed by atoms with Crippen molar-refractivity contribution in [1.82, 2.24) is 5.32 Å². The number of hydrogen-bond acceptors (Lipinski definition) is 3. The maximum atomic E-state index is 12.1. The Morgan fingerprint density at radius 3 is 2.62 bits per heavy atom. The van der Waals surface area contributed by atoms with E-state index in [2.05, 4.69) is 5.32 Å². The number of thioether (sulfide) groups is 1. The molecular formula is C18H19Cl2NO2S. The summed E-state index contributed by atoms with van der Waals surface area (Å²) in [6.07, 6.45) is 0. The molecule has 3 nitrogen and oxygen atoms in total. The van der Waals surface area contributed by atoms with Crippen LogP contribution in [-0.2, 0) is 5.75 Å². The Morgan fingerprint density at radius 1 is 1.17 bits per heavy atom. The molecule has 0 atom stereocenters. The molecule has 0 unspecified atom stereocenters. The van der Waals surface area contributed by atoms with Gasteiger partial charge in [-0.05, 0) is 48.4 Å². The van der Waals surface area contributed by atoms with Crippen molar-refractivity contribution in [3.63, 3.8) is 0 Å². The molecule has 0 aliphatic rings. The van der Waals surface area contributed by atoms with Crippen LogP contribution in [0.2, 0.25) is 10.0 Å². The van der Waals surface area contributed by atoms with E-state index in [1.165, 1.54) is 0 Å². The second-order valence-corrected chi connectivity index (χ2v) is 7.16. The maximum absolute atomic E-state index is 12.1. The minimum Gasteiger partial charge on any atom is -0.496 e. The van der Waals surface area contributed by atoms with Crippen molar-refractivity contribution in [3.8, 4) is 5.75 Å². The molecule has 0 bridgehead atoms. The number of benzene rings is 2. The van der Waals surface area contributed by atoms with E-state index >= 15 is 0 Å². The van der Waals surface area contributed by atoms with E-state index in [-0.39, 0.29) is 5.91 Å². The molecule has 0 aromatic heterocycles. The van der Waals surface area contributed by atoms with Gasteiger partial charge in [0, 0.05) is 23.6 Å². The fraction of sp³-hybridized carbons (Fsp3) is 0.278. The van der Waals surface area contributed by atoms with Gasteiger partial charge in [-0.15, -0.1) is 0 Å². The molecule has 1 amide bonds. The molecule has 0 saturated heterocycles. The van der Waals surface area contributed by atoms with E-state index < -0.39 is 0 Å². The van der Waals surface area contributed by atoms with E-state index in [0.29, 0.717) is 22.2 Å². The lowest BCUT2D eigenvalue weighted by atomic mass is 10.1. The van der Waals surface area contributed by atoms with Crippen molar-refractivity contribution >= 4 is 40.9 Å². The van der Waals surface area contributed by atoms with Gasteiger partial charge in [0.05, 0.1) is 17.2 Å². The first-order valence-corrected chi connectivity index (χ1v) is 9.37. The number of hydrogen-bond donors (Lipinski definition) is 1. The molecule has 6 heteroatoms. The normalized spacial score (nSPS) is 10.5. The number of ether oxygens (including phenoxy) is 1. The van der Waals surface area contributed by atoms with Gasteiger partial charge in [-0.25, -0.2) is 0 Å². The average Bonchev–Trinajstić information content (AvgIpc) is 2.57. The number of carbonyl (C=O) groups excluding carboxylic acids is 1. The molecule has 0 heterocycles. The summed E-state index contributed by atoms with van der Waals surface area (Å²) in [7, 11) is 1.62. The van der Waals surface area contributed by atoms with E-state index in [1.54, 1.807) is 31.0 Å². The molecule has 0 spiro atoms. The zero-order valence-corrected chi connectivity index (χ0v) is 15.9. The second kappa shape index (κ2) is 9.21. The molecule has 24 heavy (non-hydrogen) atoms. The first-order valence-electron chi connectivity index (χ1n) is 7.45. The Labute approximate surface area is 156 Å². The third-order valence-electron chi connectivity index (χ3n) is 3.44. The van der Waals surface area contributed by atoms with Gasteiger partial charge >= 0.3 is 0 Å². The number of methoxy groups -OCH3 is 1.